The third-order valence-corrected chi connectivity index (χ3v) is 5.57. The third kappa shape index (κ3) is 1.79. The lowest BCUT2D eigenvalue weighted by molar-refractivity contribution is 1.67. The fourth-order valence-electron chi connectivity index (χ4n) is 4.46. The Hall–Kier alpha value is -3.38. The van der Waals surface area contributed by atoms with Gasteiger partial charge in [0.2, 0.25) is 0 Å². The number of hydrogen-bond acceptors (Lipinski definition) is 0. The molecule has 6 rings (SSSR count). The number of benzene rings is 5. The molecule has 0 aromatic heterocycles. The summed E-state index contributed by atoms with van der Waals surface area (Å²) in [6.07, 6.45) is 2.37. The summed E-state index contributed by atoms with van der Waals surface area (Å²) < 4.78 is 0. The second-order valence-electron chi connectivity index (χ2n) is 7.00. The maximum absolute atomic E-state index is 2.37. The number of hydrogen-bond donors (Lipinski definition) is 0. The smallest absolute Gasteiger partial charge is 0.00204 e. The van der Waals surface area contributed by atoms with Crippen molar-refractivity contribution in [2.75, 3.05) is 0 Å². The Balaban J connectivity index is 1.80. The summed E-state index contributed by atoms with van der Waals surface area (Å²) in [7, 11) is 0. The van der Waals surface area contributed by atoms with Crippen molar-refractivity contribution in [2.45, 2.75) is 0 Å². The topological polar surface area (TPSA) is 0 Å². The van der Waals surface area contributed by atoms with Gasteiger partial charge in [0, 0.05) is 0 Å². The van der Waals surface area contributed by atoms with Crippen LogP contribution in [0.5, 0.6) is 0 Å². The Morgan fingerprint density at radius 3 is 1.85 bits per heavy atom. The van der Waals surface area contributed by atoms with E-state index in [1.807, 2.05) is 0 Å². The average molecular weight is 328 g/mol. The first kappa shape index (κ1) is 13.9. The Labute approximate surface area is 152 Å². The average Bonchev–Trinajstić information content (AvgIpc) is 3.07. The predicted octanol–water partition coefficient (Wildman–Crippen LogP) is 7.05. The van der Waals surface area contributed by atoms with Gasteiger partial charge < -0.3 is 0 Å². The summed E-state index contributed by atoms with van der Waals surface area (Å²) in [5.74, 6) is 0. The van der Waals surface area contributed by atoms with Crippen molar-refractivity contribution in [1.29, 1.82) is 0 Å². The highest BCUT2D eigenvalue weighted by molar-refractivity contribution is 6.20. The molecule has 0 saturated heterocycles. The second-order valence-corrected chi connectivity index (χ2v) is 7.00. The van der Waals surface area contributed by atoms with Crippen LogP contribution in [0.1, 0.15) is 16.7 Å². The van der Waals surface area contributed by atoms with E-state index in [4.69, 9.17) is 0 Å². The van der Waals surface area contributed by atoms with E-state index in [1.54, 1.807) is 0 Å². The molecule has 0 radical (unpaired) electrons. The molecular weight excluding hydrogens is 312 g/mol. The molecule has 0 atom stereocenters. The summed E-state index contributed by atoms with van der Waals surface area (Å²) in [6, 6.07) is 33.0. The van der Waals surface area contributed by atoms with Crippen LogP contribution in [0.15, 0.2) is 91.0 Å². The molecule has 5 aromatic carbocycles. The molecule has 0 unspecified atom stereocenters. The van der Waals surface area contributed by atoms with Crippen LogP contribution < -0.4 is 0 Å². The Morgan fingerprint density at radius 1 is 0.500 bits per heavy atom. The predicted molar refractivity (Wildman–Crippen MR) is 112 cm³/mol. The Morgan fingerprint density at radius 2 is 1.12 bits per heavy atom. The van der Waals surface area contributed by atoms with Crippen molar-refractivity contribution < 1.29 is 0 Å². The van der Waals surface area contributed by atoms with Crippen LogP contribution in [0.25, 0.3) is 44.0 Å². The van der Waals surface area contributed by atoms with Crippen LogP contribution >= 0.6 is 0 Å². The summed E-state index contributed by atoms with van der Waals surface area (Å²) >= 11 is 0. The molecule has 0 N–H and O–H groups in total. The first-order valence-corrected chi connectivity index (χ1v) is 9.05. The number of rotatable bonds is 1. The molecule has 0 aliphatic heterocycles. The van der Waals surface area contributed by atoms with Crippen molar-refractivity contribution in [3.8, 4) is 0 Å². The van der Waals surface area contributed by atoms with E-state index < -0.39 is 0 Å². The van der Waals surface area contributed by atoms with E-state index in [1.165, 1.54) is 54.6 Å². The molecule has 0 heteroatoms. The van der Waals surface area contributed by atoms with Crippen molar-refractivity contribution in [3.05, 3.63) is 108 Å². The van der Waals surface area contributed by atoms with E-state index in [2.05, 4.69) is 97.1 Å². The SMILES string of the molecule is C1=C(c2c3ccccc3cc3ccccc23)c2cccc3cccc1c23. The minimum absolute atomic E-state index is 1.30. The largest absolute Gasteiger partial charge is 0.0616 e. The lowest BCUT2D eigenvalue weighted by Crippen LogP contribution is -1.90. The summed E-state index contributed by atoms with van der Waals surface area (Å²) in [5.41, 5.74) is 5.36. The molecule has 5 aromatic rings. The molecule has 0 heterocycles. The van der Waals surface area contributed by atoms with Crippen molar-refractivity contribution in [3.63, 3.8) is 0 Å². The lowest BCUT2D eigenvalue weighted by atomic mass is 9.89. The third-order valence-electron chi connectivity index (χ3n) is 5.57. The molecule has 0 amide bonds. The number of fused-ring (bicyclic) bond motifs is 2. The van der Waals surface area contributed by atoms with Gasteiger partial charge in [0.15, 0.2) is 0 Å². The van der Waals surface area contributed by atoms with Gasteiger partial charge in [-0.15, -0.1) is 0 Å². The quantitative estimate of drug-likeness (QED) is 0.284. The van der Waals surface area contributed by atoms with Gasteiger partial charge in [-0.05, 0) is 66.7 Å². The fourth-order valence-corrected chi connectivity index (χ4v) is 4.46. The standard InChI is InChI=1S/C26H16/c1-3-12-21-18(7-1)15-19-8-2-4-13-22(19)26(21)24-16-20-11-5-9-17-10-6-14-23(24)25(17)20/h1-16H. The first-order valence-electron chi connectivity index (χ1n) is 9.05. The van der Waals surface area contributed by atoms with Gasteiger partial charge in [-0.1, -0.05) is 84.9 Å². The van der Waals surface area contributed by atoms with Gasteiger partial charge in [-0.3, -0.25) is 0 Å². The van der Waals surface area contributed by atoms with E-state index in [-0.39, 0.29) is 0 Å². The van der Waals surface area contributed by atoms with Gasteiger partial charge in [0.25, 0.3) is 0 Å². The lowest BCUT2D eigenvalue weighted by Gasteiger charge is -2.14. The van der Waals surface area contributed by atoms with Gasteiger partial charge in [0.1, 0.15) is 0 Å². The summed E-state index contributed by atoms with van der Waals surface area (Å²) in [6.45, 7) is 0. The zero-order valence-corrected chi connectivity index (χ0v) is 14.2. The van der Waals surface area contributed by atoms with Crippen molar-refractivity contribution in [2.24, 2.45) is 0 Å². The van der Waals surface area contributed by atoms with Gasteiger partial charge >= 0.3 is 0 Å². The maximum atomic E-state index is 2.37. The minimum Gasteiger partial charge on any atom is -0.0616 e. The van der Waals surface area contributed by atoms with Crippen molar-refractivity contribution >= 4 is 44.0 Å². The highest BCUT2D eigenvalue weighted by atomic mass is 14.2. The molecule has 26 heavy (non-hydrogen) atoms. The zero-order chi connectivity index (χ0) is 17.1. The highest BCUT2D eigenvalue weighted by Gasteiger charge is 2.20. The zero-order valence-electron chi connectivity index (χ0n) is 14.2. The van der Waals surface area contributed by atoms with Crippen molar-refractivity contribution in [1.82, 2.24) is 0 Å². The molecule has 0 saturated carbocycles. The van der Waals surface area contributed by atoms with Crippen LogP contribution in [0.2, 0.25) is 0 Å². The molecule has 0 nitrogen and oxygen atoms in total. The van der Waals surface area contributed by atoms with Gasteiger partial charge in [-0.25, -0.2) is 0 Å². The normalized spacial score (nSPS) is 12.8. The molecule has 0 fully saturated rings. The van der Waals surface area contributed by atoms with E-state index >= 15 is 0 Å². The molecular formula is C26H16. The first-order chi connectivity index (χ1) is 12.9. The van der Waals surface area contributed by atoms with E-state index in [9.17, 15) is 0 Å². The van der Waals surface area contributed by atoms with Crippen LogP contribution in [0, 0.1) is 0 Å². The molecule has 120 valence electrons. The van der Waals surface area contributed by atoms with Crippen LogP contribution in [0.3, 0.4) is 0 Å². The maximum Gasteiger partial charge on any atom is -0.00204 e. The summed E-state index contributed by atoms with van der Waals surface area (Å²) in [4.78, 5) is 0. The fraction of sp³-hybridized carbons (Fsp3) is 0. The highest BCUT2D eigenvalue weighted by Crippen LogP contribution is 2.44. The Kier molecular flexibility index (Phi) is 2.70. The molecule has 0 spiro atoms. The monoisotopic (exact) mass is 328 g/mol. The van der Waals surface area contributed by atoms with Gasteiger partial charge in [-0.2, -0.15) is 0 Å². The molecule has 1 aliphatic carbocycles. The van der Waals surface area contributed by atoms with Crippen LogP contribution in [0.4, 0.5) is 0 Å². The Bertz CT molecular complexity index is 1310. The minimum atomic E-state index is 1.30. The van der Waals surface area contributed by atoms with Crippen LogP contribution in [-0.4, -0.2) is 0 Å². The van der Waals surface area contributed by atoms with E-state index in [0.717, 1.165) is 0 Å². The molecule has 1 aliphatic rings. The van der Waals surface area contributed by atoms with E-state index in [0.29, 0.717) is 0 Å². The van der Waals surface area contributed by atoms with Crippen LogP contribution in [-0.2, 0) is 0 Å². The molecule has 0 bridgehead atoms. The summed E-state index contributed by atoms with van der Waals surface area (Å²) in [5, 5.41) is 7.93. The second kappa shape index (κ2) is 5.06. The van der Waals surface area contributed by atoms with Gasteiger partial charge in [0.05, 0.1) is 0 Å².